The predicted octanol–water partition coefficient (Wildman–Crippen LogP) is 3.25. The highest BCUT2D eigenvalue weighted by molar-refractivity contribution is 6.13. The number of carbonyl (C=O) groups is 1. The lowest BCUT2D eigenvalue weighted by Crippen LogP contribution is -2.06. The molecule has 1 aliphatic rings. The van der Waals surface area contributed by atoms with Crippen molar-refractivity contribution in [2.45, 2.75) is 6.92 Å². The minimum atomic E-state index is -0.624. The molecule has 114 valence electrons. The number of carbonyl (C=O) groups excluding carboxylic acids is 1. The number of hydrogen-bond donors (Lipinski definition) is 0. The van der Waals surface area contributed by atoms with Gasteiger partial charge >= 0.3 is 5.97 Å². The van der Waals surface area contributed by atoms with Gasteiger partial charge in [-0.25, -0.2) is 9.79 Å². The highest BCUT2D eigenvalue weighted by Gasteiger charge is 2.26. The average Bonchev–Trinajstić information content (AvgIpc) is 2.89. The van der Waals surface area contributed by atoms with Crippen LogP contribution < -0.4 is 0 Å². The second-order valence-corrected chi connectivity index (χ2v) is 4.97. The van der Waals surface area contributed by atoms with Gasteiger partial charge in [0.05, 0.1) is 10.5 Å². The van der Waals surface area contributed by atoms with Gasteiger partial charge in [0, 0.05) is 11.6 Å². The summed E-state index contributed by atoms with van der Waals surface area (Å²) in [4.78, 5) is 26.7. The summed E-state index contributed by atoms with van der Waals surface area (Å²) in [5, 5.41) is 11.0. The van der Waals surface area contributed by atoms with Crippen molar-refractivity contribution in [3.63, 3.8) is 0 Å². The second-order valence-electron chi connectivity index (χ2n) is 4.97. The zero-order valence-electron chi connectivity index (χ0n) is 12.2. The number of cyclic esters (lactones) is 1. The van der Waals surface area contributed by atoms with Crippen LogP contribution in [0, 0.1) is 17.0 Å². The summed E-state index contributed by atoms with van der Waals surface area (Å²) in [6.07, 6.45) is 1.37. The van der Waals surface area contributed by atoms with Gasteiger partial charge in [-0.05, 0) is 30.7 Å². The largest absolute Gasteiger partial charge is 0.402 e. The van der Waals surface area contributed by atoms with E-state index in [1.165, 1.54) is 12.1 Å². The molecule has 23 heavy (non-hydrogen) atoms. The Kier molecular flexibility index (Phi) is 3.72. The first-order valence-electron chi connectivity index (χ1n) is 6.88. The Balaban J connectivity index is 2.03. The van der Waals surface area contributed by atoms with Gasteiger partial charge in [-0.3, -0.25) is 10.1 Å². The summed E-state index contributed by atoms with van der Waals surface area (Å²) < 4.78 is 5.19. The van der Waals surface area contributed by atoms with Gasteiger partial charge in [0.15, 0.2) is 5.70 Å². The fourth-order valence-corrected chi connectivity index (χ4v) is 2.26. The Morgan fingerprint density at radius 1 is 1.13 bits per heavy atom. The Labute approximate surface area is 131 Å². The number of aryl methyl sites for hydroxylation is 1. The normalized spacial score (nSPS) is 15.4. The minimum absolute atomic E-state index is 0.0394. The molecule has 6 nitrogen and oxygen atoms in total. The van der Waals surface area contributed by atoms with Crippen molar-refractivity contribution in [3.8, 4) is 0 Å². The van der Waals surface area contributed by atoms with Crippen LogP contribution in [0.15, 0.2) is 59.2 Å². The summed E-state index contributed by atoms with van der Waals surface area (Å²) >= 11 is 0. The van der Waals surface area contributed by atoms with E-state index < -0.39 is 10.9 Å². The summed E-state index contributed by atoms with van der Waals surface area (Å²) in [6, 6.07) is 13.5. The molecule has 3 rings (SSSR count). The third kappa shape index (κ3) is 2.87. The number of nitro benzene ring substituents is 1. The third-order valence-electron chi connectivity index (χ3n) is 3.42. The third-order valence-corrected chi connectivity index (χ3v) is 3.42. The molecule has 0 aromatic heterocycles. The van der Waals surface area contributed by atoms with Gasteiger partial charge in [-0.15, -0.1) is 0 Å². The highest BCUT2D eigenvalue weighted by atomic mass is 16.6. The fourth-order valence-electron chi connectivity index (χ4n) is 2.26. The molecular formula is C17H12N2O4. The monoisotopic (exact) mass is 308 g/mol. The van der Waals surface area contributed by atoms with Crippen LogP contribution in [0.2, 0.25) is 0 Å². The van der Waals surface area contributed by atoms with E-state index in [4.69, 9.17) is 4.74 Å². The summed E-state index contributed by atoms with van der Waals surface area (Å²) in [7, 11) is 0. The van der Waals surface area contributed by atoms with Crippen molar-refractivity contribution in [2.24, 2.45) is 4.99 Å². The molecule has 1 aliphatic heterocycles. The molecule has 0 atom stereocenters. The number of ether oxygens (including phenoxy) is 1. The van der Waals surface area contributed by atoms with Crippen molar-refractivity contribution in [3.05, 3.63) is 81.0 Å². The maximum Gasteiger partial charge on any atom is 0.363 e. The molecule has 2 aromatic carbocycles. The molecule has 0 aliphatic carbocycles. The topological polar surface area (TPSA) is 81.8 Å². The molecule has 1 heterocycles. The van der Waals surface area contributed by atoms with E-state index >= 15 is 0 Å². The molecular weight excluding hydrogens is 296 g/mol. The van der Waals surface area contributed by atoms with Crippen molar-refractivity contribution in [1.29, 1.82) is 0 Å². The van der Waals surface area contributed by atoms with E-state index in [0.29, 0.717) is 11.1 Å². The van der Waals surface area contributed by atoms with Crippen molar-refractivity contribution in [2.75, 3.05) is 0 Å². The Morgan fingerprint density at radius 2 is 1.83 bits per heavy atom. The van der Waals surface area contributed by atoms with Crippen LogP contribution in [-0.2, 0) is 9.53 Å². The number of rotatable bonds is 3. The van der Waals surface area contributed by atoms with Gasteiger partial charge in [0.2, 0.25) is 5.90 Å². The summed E-state index contributed by atoms with van der Waals surface area (Å²) in [5.74, 6) is -0.417. The standard InChI is InChI=1S/C17H12N2O4/c1-11-6-2-4-8-13(11)16-18-14(17(20)23-16)10-12-7-3-5-9-15(12)19(21)22/h2-10H,1H3. The van der Waals surface area contributed by atoms with Crippen LogP contribution in [0.1, 0.15) is 16.7 Å². The first kappa shape index (κ1) is 14.6. The molecule has 0 radical (unpaired) electrons. The van der Waals surface area contributed by atoms with Gasteiger partial charge in [-0.1, -0.05) is 30.3 Å². The number of esters is 1. The maximum atomic E-state index is 12.0. The number of hydrogen-bond acceptors (Lipinski definition) is 5. The molecule has 0 unspecified atom stereocenters. The number of para-hydroxylation sites is 1. The van der Waals surface area contributed by atoms with Crippen LogP contribution in [0.5, 0.6) is 0 Å². The SMILES string of the molecule is Cc1ccccc1C1=NC(=Cc2ccccc2[N+](=O)[O-])C(=O)O1. The zero-order chi connectivity index (χ0) is 16.4. The molecule has 0 amide bonds. The predicted molar refractivity (Wildman–Crippen MR) is 84.9 cm³/mol. The Morgan fingerprint density at radius 3 is 2.57 bits per heavy atom. The van der Waals surface area contributed by atoms with Crippen LogP contribution in [0.25, 0.3) is 6.08 Å². The van der Waals surface area contributed by atoms with Crippen molar-refractivity contribution >= 4 is 23.6 Å². The molecule has 0 bridgehead atoms. The molecule has 0 N–H and O–H groups in total. The molecule has 6 heteroatoms. The lowest BCUT2D eigenvalue weighted by Gasteiger charge is -2.02. The van der Waals surface area contributed by atoms with Crippen LogP contribution in [-0.4, -0.2) is 16.8 Å². The lowest BCUT2D eigenvalue weighted by atomic mass is 10.1. The van der Waals surface area contributed by atoms with E-state index in [2.05, 4.69) is 4.99 Å². The van der Waals surface area contributed by atoms with Gasteiger partial charge in [0.25, 0.3) is 5.69 Å². The quantitative estimate of drug-likeness (QED) is 0.377. The molecule has 0 saturated heterocycles. The number of benzene rings is 2. The number of aliphatic imine (C=N–C) groups is 1. The second kappa shape index (κ2) is 5.84. The lowest BCUT2D eigenvalue weighted by molar-refractivity contribution is -0.385. The molecule has 0 saturated carbocycles. The summed E-state index contributed by atoms with van der Waals surface area (Å²) in [5.41, 5.74) is 1.89. The van der Waals surface area contributed by atoms with E-state index in [0.717, 1.165) is 5.56 Å². The van der Waals surface area contributed by atoms with E-state index in [9.17, 15) is 14.9 Å². The number of nitrogens with zero attached hydrogens (tertiary/aromatic N) is 2. The fraction of sp³-hybridized carbons (Fsp3) is 0.0588. The molecule has 0 spiro atoms. The van der Waals surface area contributed by atoms with Crippen molar-refractivity contribution in [1.82, 2.24) is 0 Å². The van der Waals surface area contributed by atoms with E-state index in [-0.39, 0.29) is 17.3 Å². The van der Waals surface area contributed by atoms with Crippen LogP contribution in [0.3, 0.4) is 0 Å². The zero-order valence-corrected chi connectivity index (χ0v) is 12.2. The highest BCUT2D eigenvalue weighted by Crippen LogP contribution is 2.25. The number of nitro groups is 1. The Bertz CT molecular complexity index is 868. The smallest absolute Gasteiger partial charge is 0.363 e. The van der Waals surface area contributed by atoms with E-state index in [1.807, 2.05) is 25.1 Å². The molecule has 0 fully saturated rings. The average molecular weight is 308 g/mol. The summed E-state index contributed by atoms with van der Waals surface area (Å²) in [6.45, 7) is 1.88. The first-order chi connectivity index (χ1) is 11.1. The molecule has 2 aromatic rings. The van der Waals surface area contributed by atoms with Crippen molar-refractivity contribution < 1.29 is 14.5 Å². The van der Waals surface area contributed by atoms with Gasteiger partial charge in [0.1, 0.15) is 0 Å². The van der Waals surface area contributed by atoms with Crippen LogP contribution >= 0.6 is 0 Å². The van der Waals surface area contributed by atoms with E-state index in [1.54, 1.807) is 24.3 Å². The van der Waals surface area contributed by atoms with Crippen LogP contribution in [0.4, 0.5) is 5.69 Å². The Hall–Kier alpha value is -3.28. The maximum absolute atomic E-state index is 12.0. The van der Waals surface area contributed by atoms with Gasteiger partial charge in [-0.2, -0.15) is 0 Å². The van der Waals surface area contributed by atoms with Gasteiger partial charge < -0.3 is 4.74 Å². The first-order valence-corrected chi connectivity index (χ1v) is 6.88. The minimum Gasteiger partial charge on any atom is -0.402 e.